The molecule has 0 aliphatic heterocycles. The average Bonchev–Trinajstić information content (AvgIpc) is 2.93. The van der Waals surface area contributed by atoms with Gasteiger partial charge < -0.3 is 10.1 Å². The molecule has 2 aromatic rings. The number of aromatic nitrogens is 2. The van der Waals surface area contributed by atoms with Gasteiger partial charge in [-0.15, -0.1) is 0 Å². The van der Waals surface area contributed by atoms with E-state index in [0.717, 1.165) is 5.69 Å². The molecule has 1 aromatic carbocycles. The molecule has 0 radical (unpaired) electrons. The summed E-state index contributed by atoms with van der Waals surface area (Å²) >= 11 is 6.38. The molecule has 0 aliphatic rings. The number of nitrogens with zero attached hydrogens (tertiary/aromatic N) is 2. The van der Waals surface area contributed by atoms with Gasteiger partial charge in [0.1, 0.15) is 10.9 Å². The third-order valence-corrected chi connectivity index (χ3v) is 5.85. The van der Waals surface area contributed by atoms with Crippen LogP contribution in [-0.4, -0.2) is 37.0 Å². The molecule has 1 amide bonds. The van der Waals surface area contributed by atoms with Gasteiger partial charge in [-0.25, -0.2) is 8.42 Å². The van der Waals surface area contributed by atoms with Crippen LogP contribution < -0.4 is 14.8 Å². The Kier molecular flexibility index (Phi) is 7.91. The summed E-state index contributed by atoms with van der Waals surface area (Å²) < 4.78 is 32.9. The molecule has 0 unspecified atom stereocenters. The Morgan fingerprint density at radius 1 is 1.37 bits per heavy atom. The van der Waals surface area contributed by atoms with E-state index < -0.39 is 10.0 Å². The molecule has 2 rings (SSSR count). The first-order chi connectivity index (χ1) is 14.1. The Labute approximate surface area is 182 Å². The molecule has 30 heavy (non-hydrogen) atoms. The van der Waals surface area contributed by atoms with Gasteiger partial charge in [-0.2, -0.15) is 5.10 Å². The zero-order chi connectivity index (χ0) is 22.5. The van der Waals surface area contributed by atoms with Crippen LogP contribution in [0.5, 0.6) is 5.75 Å². The van der Waals surface area contributed by atoms with Crippen LogP contribution in [-0.2, 0) is 21.4 Å². The summed E-state index contributed by atoms with van der Waals surface area (Å²) in [6, 6.07) is 4.65. The number of hydrogen-bond acceptors (Lipinski definition) is 5. The smallest absolute Gasteiger partial charge is 0.248 e. The topological polar surface area (TPSA) is 102 Å². The minimum atomic E-state index is -3.44. The molecule has 0 saturated carbocycles. The standard InChI is InChI=1S/C20H27ClN4O4S/c1-6-30(27,28)24-17-9-7-15(11-18(17)29-5)22-19(26)10-8-16-14(4)23-25(20(16)21)12-13(2)3/h7-11,13,24H,6,12H2,1-5H3,(H,22,26)/b10-8+. The van der Waals surface area contributed by atoms with E-state index in [-0.39, 0.29) is 11.7 Å². The largest absolute Gasteiger partial charge is 0.494 e. The van der Waals surface area contributed by atoms with Crippen LogP contribution in [0, 0.1) is 12.8 Å². The van der Waals surface area contributed by atoms with Crippen molar-refractivity contribution in [1.82, 2.24) is 9.78 Å². The number of nitrogens with one attached hydrogen (secondary N) is 2. The second-order valence-electron chi connectivity index (χ2n) is 7.11. The normalized spacial score (nSPS) is 11.8. The summed E-state index contributed by atoms with van der Waals surface area (Å²) in [7, 11) is -2.02. The van der Waals surface area contributed by atoms with E-state index in [1.54, 1.807) is 16.8 Å². The first-order valence-electron chi connectivity index (χ1n) is 9.46. The van der Waals surface area contributed by atoms with Crippen molar-refractivity contribution < 1.29 is 17.9 Å². The van der Waals surface area contributed by atoms with Gasteiger partial charge in [0.2, 0.25) is 15.9 Å². The predicted octanol–water partition coefficient (Wildman–Crippen LogP) is 3.92. The summed E-state index contributed by atoms with van der Waals surface area (Å²) in [6.45, 7) is 8.21. The minimum Gasteiger partial charge on any atom is -0.494 e. The third kappa shape index (κ3) is 6.24. The number of amides is 1. The number of benzene rings is 1. The summed E-state index contributed by atoms with van der Waals surface area (Å²) in [5, 5.41) is 7.61. The van der Waals surface area contributed by atoms with Crippen molar-refractivity contribution >= 4 is 45.0 Å². The van der Waals surface area contributed by atoms with E-state index in [0.29, 0.717) is 40.3 Å². The Hall–Kier alpha value is -2.52. The second kappa shape index (κ2) is 9.99. The first-order valence-corrected chi connectivity index (χ1v) is 11.5. The maximum Gasteiger partial charge on any atom is 0.248 e. The second-order valence-corrected chi connectivity index (χ2v) is 9.48. The molecular formula is C20H27ClN4O4S. The monoisotopic (exact) mass is 454 g/mol. The molecule has 164 valence electrons. The van der Waals surface area contributed by atoms with Gasteiger partial charge in [0.15, 0.2) is 0 Å². The predicted molar refractivity (Wildman–Crippen MR) is 121 cm³/mol. The minimum absolute atomic E-state index is 0.0604. The van der Waals surface area contributed by atoms with Crippen molar-refractivity contribution in [3.8, 4) is 5.75 Å². The summed E-state index contributed by atoms with van der Waals surface area (Å²) in [4.78, 5) is 12.3. The number of aryl methyl sites for hydroxylation is 1. The van der Waals surface area contributed by atoms with Crippen molar-refractivity contribution in [2.75, 3.05) is 22.9 Å². The average molecular weight is 455 g/mol. The van der Waals surface area contributed by atoms with Crippen LogP contribution >= 0.6 is 11.6 Å². The van der Waals surface area contributed by atoms with Crippen LogP contribution in [0.2, 0.25) is 5.15 Å². The lowest BCUT2D eigenvalue weighted by molar-refractivity contribution is -0.111. The van der Waals surface area contributed by atoms with Crippen molar-refractivity contribution in [2.24, 2.45) is 5.92 Å². The number of rotatable bonds is 9. The molecule has 0 fully saturated rings. The zero-order valence-electron chi connectivity index (χ0n) is 17.7. The Morgan fingerprint density at radius 2 is 2.07 bits per heavy atom. The Morgan fingerprint density at radius 3 is 2.67 bits per heavy atom. The SMILES string of the molecule is CCS(=O)(=O)Nc1ccc(NC(=O)/C=C/c2c(C)nn(CC(C)C)c2Cl)cc1OC. The molecule has 0 spiro atoms. The van der Waals surface area contributed by atoms with Crippen molar-refractivity contribution in [1.29, 1.82) is 0 Å². The molecule has 8 nitrogen and oxygen atoms in total. The van der Waals surface area contributed by atoms with Crippen LogP contribution in [0.1, 0.15) is 32.0 Å². The van der Waals surface area contributed by atoms with E-state index in [4.69, 9.17) is 16.3 Å². The van der Waals surface area contributed by atoms with E-state index in [1.807, 2.05) is 6.92 Å². The molecule has 1 aromatic heterocycles. The number of carbonyl (C=O) groups is 1. The maximum absolute atomic E-state index is 12.3. The molecule has 10 heteroatoms. The van der Waals surface area contributed by atoms with Gasteiger partial charge in [-0.3, -0.25) is 14.2 Å². The first kappa shape index (κ1) is 23.8. The number of carbonyl (C=O) groups excluding carboxylic acids is 1. The van der Waals surface area contributed by atoms with Crippen LogP contribution in [0.3, 0.4) is 0 Å². The van der Waals surface area contributed by atoms with Crippen molar-refractivity contribution in [3.63, 3.8) is 0 Å². The summed E-state index contributed by atoms with van der Waals surface area (Å²) in [5.74, 6) is 0.255. The number of sulfonamides is 1. The highest BCUT2D eigenvalue weighted by atomic mass is 35.5. The van der Waals surface area contributed by atoms with Gasteiger partial charge in [-0.1, -0.05) is 25.4 Å². The molecular weight excluding hydrogens is 428 g/mol. The number of methoxy groups -OCH3 is 1. The number of halogens is 1. The fraction of sp³-hybridized carbons (Fsp3) is 0.400. The maximum atomic E-state index is 12.3. The number of ether oxygens (including phenoxy) is 1. The van der Waals surface area contributed by atoms with Crippen molar-refractivity contribution in [3.05, 3.63) is 40.7 Å². The highest BCUT2D eigenvalue weighted by molar-refractivity contribution is 7.92. The van der Waals surface area contributed by atoms with E-state index in [1.165, 1.54) is 32.2 Å². The fourth-order valence-electron chi connectivity index (χ4n) is 2.66. The summed E-state index contributed by atoms with van der Waals surface area (Å²) in [6.07, 6.45) is 2.99. The fourth-order valence-corrected chi connectivity index (χ4v) is 3.61. The van der Waals surface area contributed by atoms with Gasteiger partial charge >= 0.3 is 0 Å². The lowest BCUT2D eigenvalue weighted by atomic mass is 10.2. The lowest BCUT2D eigenvalue weighted by Gasteiger charge is -2.12. The summed E-state index contributed by atoms with van der Waals surface area (Å²) in [5.41, 5.74) is 2.18. The number of anilines is 2. The van der Waals surface area contributed by atoms with E-state index in [2.05, 4.69) is 29.0 Å². The van der Waals surface area contributed by atoms with Gasteiger partial charge in [0, 0.05) is 29.9 Å². The number of hydrogen-bond donors (Lipinski definition) is 2. The molecule has 0 aliphatic carbocycles. The molecule has 0 saturated heterocycles. The van der Waals surface area contributed by atoms with Crippen LogP contribution in [0.4, 0.5) is 11.4 Å². The molecule has 2 N–H and O–H groups in total. The zero-order valence-corrected chi connectivity index (χ0v) is 19.3. The van der Waals surface area contributed by atoms with Gasteiger partial charge in [-0.05, 0) is 38.0 Å². The van der Waals surface area contributed by atoms with Crippen LogP contribution in [0.25, 0.3) is 6.08 Å². The van der Waals surface area contributed by atoms with E-state index in [9.17, 15) is 13.2 Å². The quantitative estimate of drug-likeness (QED) is 0.559. The van der Waals surface area contributed by atoms with Crippen molar-refractivity contribution in [2.45, 2.75) is 34.2 Å². The van der Waals surface area contributed by atoms with Crippen LogP contribution in [0.15, 0.2) is 24.3 Å². The highest BCUT2D eigenvalue weighted by Crippen LogP contribution is 2.29. The van der Waals surface area contributed by atoms with E-state index >= 15 is 0 Å². The molecule has 0 bridgehead atoms. The third-order valence-electron chi connectivity index (χ3n) is 4.16. The molecule has 1 heterocycles. The Bertz CT molecular complexity index is 1050. The van der Waals surface area contributed by atoms with Gasteiger partial charge in [0.05, 0.1) is 24.2 Å². The lowest BCUT2D eigenvalue weighted by Crippen LogP contribution is -2.15. The Balaban J connectivity index is 2.14. The molecule has 0 atom stereocenters. The highest BCUT2D eigenvalue weighted by Gasteiger charge is 2.14. The van der Waals surface area contributed by atoms with Gasteiger partial charge in [0.25, 0.3) is 0 Å².